The van der Waals surface area contributed by atoms with Crippen LogP contribution < -0.4 is 5.32 Å². The number of amides is 1. The van der Waals surface area contributed by atoms with Gasteiger partial charge in [-0.3, -0.25) is 4.79 Å². The van der Waals surface area contributed by atoms with Crippen molar-refractivity contribution in [3.8, 4) is 0 Å². The molecular weight excluding hydrogens is 302 g/mol. The van der Waals surface area contributed by atoms with E-state index in [1.165, 1.54) is 12.8 Å². The molecule has 0 radical (unpaired) electrons. The van der Waals surface area contributed by atoms with Crippen LogP contribution in [0.15, 0.2) is 0 Å². The Hall–Kier alpha value is -1.14. The molecule has 0 aromatic carbocycles. The highest BCUT2D eigenvalue weighted by atomic mass is 35.5. The quantitative estimate of drug-likeness (QED) is 0.911. The molecule has 0 aliphatic carbocycles. The fraction of sp³-hybridized carbons (Fsp3) is 0.800. The summed E-state index contributed by atoms with van der Waals surface area (Å²) in [6.45, 7) is 7.66. The van der Waals surface area contributed by atoms with E-state index in [4.69, 9.17) is 0 Å². The minimum Gasteiger partial charge on any atom is -0.333 e. The first-order valence-electron chi connectivity index (χ1n) is 8.12. The molecule has 7 heteroatoms. The Balaban J connectivity index is 0.00000176. The van der Waals surface area contributed by atoms with Crippen LogP contribution in [0.4, 0.5) is 0 Å². The van der Waals surface area contributed by atoms with Gasteiger partial charge in [-0.25, -0.2) is 0 Å². The molecule has 2 aliphatic heterocycles. The van der Waals surface area contributed by atoms with E-state index < -0.39 is 0 Å². The van der Waals surface area contributed by atoms with E-state index in [0.29, 0.717) is 12.5 Å². The van der Waals surface area contributed by atoms with Crippen LogP contribution in [0.3, 0.4) is 0 Å². The lowest BCUT2D eigenvalue weighted by Crippen LogP contribution is -2.42. The van der Waals surface area contributed by atoms with E-state index in [-0.39, 0.29) is 24.4 Å². The Bertz CT molecular complexity index is 512. The van der Waals surface area contributed by atoms with Crippen LogP contribution >= 0.6 is 12.4 Å². The number of hydrogen-bond donors (Lipinski definition) is 1. The third-order valence-corrected chi connectivity index (χ3v) is 4.65. The Kier molecular flexibility index (Phi) is 5.81. The highest BCUT2D eigenvalue weighted by molar-refractivity contribution is 5.85. The molecule has 0 unspecified atom stereocenters. The summed E-state index contributed by atoms with van der Waals surface area (Å²) < 4.78 is 2.08. The van der Waals surface area contributed by atoms with Crippen molar-refractivity contribution < 1.29 is 4.79 Å². The Morgan fingerprint density at radius 1 is 1.27 bits per heavy atom. The number of nitrogens with one attached hydrogen (secondary N) is 1. The van der Waals surface area contributed by atoms with E-state index >= 15 is 0 Å². The molecular formula is C15H26ClN5O. The van der Waals surface area contributed by atoms with Gasteiger partial charge < -0.3 is 14.8 Å². The van der Waals surface area contributed by atoms with Gasteiger partial charge in [-0.05, 0) is 45.2 Å². The second-order valence-electron chi connectivity index (χ2n) is 6.24. The molecule has 3 rings (SSSR count). The Morgan fingerprint density at radius 3 is 2.68 bits per heavy atom. The van der Waals surface area contributed by atoms with E-state index in [1.807, 2.05) is 11.8 Å². The number of carbonyl (C=O) groups excluding carboxylic acids is 1. The minimum atomic E-state index is -0.160. The summed E-state index contributed by atoms with van der Waals surface area (Å²) in [4.78, 5) is 14.4. The van der Waals surface area contributed by atoms with Gasteiger partial charge in [0.2, 0.25) is 5.91 Å². The number of piperidine rings is 1. The zero-order valence-electron chi connectivity index (χ0n) is 13.4. The van der Waals surface area contributed by atoms with Crippen LogP contribution in [0.1, 0.15) is 50.8 Å². The SMILES string of the molecule is CCCN1Cc2nnc(CC3CCNCC3)n2[C@H](C)C1=O.Cl. The topological polar surface area (TPSA) is 63.1 Å². The second kappa shape index (κ2) is 7.42. The third-order valence-electron chi connectivity index (χ3n) is 4.65. The predicted molar refractivity (Wildman–Crippen MR) is 87.0 cm³/mol. The summed E-state index contributed by atoms with van der Waals surface area (Å²) in [6.07, 6.45) is 4.30. The Labute approximate surface area is 138 Å². The van der Waals surface area contributed by atoms with Crippen molar-refractivity contribution in [2.24, 2.45) is 5.92 Å². The van der Waals surface area contributed by atoms with Crippen LogP contribution in [0.25, 0.3) is 0 Å². The van der Waals surface area contributed by atoms with Crippen molar-refractivity contribution in [3.05, 3.63) is 11.6 Å². The molecule has 1 aromatic rings. The van der Waals surface area contributed by atoms with Gasteiger partial charge in [0.1, 0.15) is 11.9 Å². The van der Waals surface area contributed by atoms with Crippen LogP contribution in [-0.4, -0.2) is 45.2 Å². The van der Waals surface area contributed by atoms with Gasteiger partial charge in [-0.2, -0.15) is 0 Å². The van der Waals surface area contributed by atoms with Gasteiger partial charge in [0.15, 0.2) is 5.82 Å². The van der Waals surface area contributed by atoms with E-state index in [0.717, 1.165) is 44.1 Å². The first-order valence-corrected chi connectivity index (χ1v) is 8.12. The summed E-state index contributed by atoms with van der Waals surface area (Å²) in [6, 6.07) is -0.160. The van der Waals surface area contributed by atoms with Crippen molar-refractivity contribution in [3.63, 3.8) is 0 Å². The maximum atomic E-state index is 12.5. The monoisotopic (exact) mass is 327 g/mol. The van der Waals surface area contributed by atoms with Crippen LogP contribution in [0.5, 0.6) is 0 Å². The van der Waals surface area contributed by atoms with Crippen molar-refractivity contribution in [1.29, 1.82) is 0 Å². The lowest BCUT2D eigenvalue weighted by Gasteiger charge is -2.32. The summed E-state index contributed by atoms with van der Waals surface area (Å²) in [7, 11) is 0. The number of hydrogen-bond acceptors (Lipinski definition) is 4. The molecule has 0 bridgehead atoms. The highest BCUT2D eigenvalue weighted by Crippen LogP contribution is 2.25. The molecule has 2 aliphatic rings. The van der Waals surface area contributed by atoms with Gasteiger partial charge in [-0.15, -0.1) is 22.6 Å². The molecule has 1 aromatic heterocycles. The first-order chi connectivity index (χ1) is 10.2. The summed E-state index contributed by atoms with van der Waals surface area (Å²) in [5.74, 6) is 2.81. The van der Waals surface area contributed by atoms with E-state index in [1.54, 1.807) is 0 Å². The fourth-order valence-electron chi connectivity index (χ4n) is 3.48. The molecule has 0 saturated carbocycles. The first kappa shape index (κ1) is 17.2. The van der Waals surface area contributed by atoms with Gasteiger partial charge in [0, 0.05) is 13.0 Å². The maximum Gasteiger partial charge on any atom is 0.245 e. The van der Waals surface area contributed by atoms with Crippen molar-refractivity contribution >= 4 is 18.3 Å². The van der Waals surface area contributed by atoms with E-state index in [9.17, 15) is 4.79 Å². The lowest BCUT2D eigenvalue weighted by molar-refractivity contribution is -0.137. The number of fused-ring (bicyclic) bond motifs is 1. The Morgan fingerprint density at radius 2 is 2.00 bits per heavy atom. The number of halogens is 1. The predicted octanol–water partition coefficient (Wildman–Crippen LogP) is 1.56. The average molecular weight is 328 g/mol. The molecule has 3 heterocycles. The van der Waals surface area contributed by atoms with Crippen LogP contribution in [-0.2, 0) is 17.8 Å². The van der Waals surface area contributed by atoms with Gasteiger partial charge >= 0.3 is 0 Å². The van der Waals surface area contributed by atoms with Crippen LogP contribution in [0.2, 0.25) is 0 Å². The average Bonchev–Trinajstić information content (AvgIpc) is 2.89. The molecule has 1 fully saturated rings. The third kappa shape index (κ3) is 3.27. The standard InChI is InChI=1S/C15H25N5O.ClH/c1-3-8-19-10-14-18-17-13(20(14)11(2)15(19)21)9-12-4-6-16-7-5-12;/h11-12,16H,3-10H2,1-2H3;1H/t11-;/m1./s1. The zero-order chi connectivity index (χ0) is 14.8. The van der Waals surface area contributed by atoms with E-state index in [2.05, 4.69) is 27.0 Å². The fourth-order valence-corrected chi connectivity index (χ4v) is 3.48. The molecule has 1 N–H and O–H groups in total. The smallest absolute Gasteiger partial charge is 0.245 e. The number of nitrogens with zero attached hydrogens (tertiary/aromatic N) is 4. The lowest BCUT2D eigenvalue weighted by atomic mass is 9.94. The molecule has 1 amide bonds. The molecule has 1 atom stereocenters. The summed E-state index contributed by atoms with van der Waals surface area (Å²) in [5.41, 5.74) is 0. The molecule has 0 spiro atoms. The highest BCUT2D eigenvalue weighted by Gasteiger charge is 2.33. The summed E-state index contributed by atoms with van der Waals surface area (Å²) >= 11 is 0. The van der Waals surface area contributed by atoms with Crippen LogP contribution in [0, 0.1) is 5.92 Å². The van der Waals surface area contributed by atoms with Gasteiger partial charge in [0.25, 0.3) is 0 Å². The largest absolute Gasteiger partial charge is 0.333 e. The molecule has 6 nitrogen and oxygen atoms in total. The van der Waals surface area contributed by atoms with Crippen molar-refractivity contribution in [2.45, 2.75) is 52.1 Å². The number of aromatic nitrogens is 3. The van der Waals surface area contributed by atoms with Crippen molar-refractivity contribution in [1.82, 2.24) is 25.0 Å². The number of carbonyl (C=O) groups is 1. The van der Waals surface area contributed by atoms with Crippen molar-refractivity contribution in [2.75, 3.05) is 19.6 Å². The normalized spacial score (nSPS) is 22.4. The zero-order valence-corrected chi connectivity index (χ0v) is 14.2. The van der Waals surface area contributed by atoms with Gasteiger partial charge in [-0.1, -0.05) is 6.92 Å². The number of rotatable bonds is 4. The maximum absolute atomic E-state index is 12.5. The minimum absolute atomic E-state index is 0. The molecule has 1 saturated heterocycles. The second-order valence-corrected chi connectivity index (χ2v) is 6.24. The molecule has 124 valence electrons. The summed E-state index contributed by atoms with van der Waals surface area (Å²) in [5, 5.41) is 12.1. The molecule has 22 heavy (non-hydrogen) atoms. The van der Waals surface area contributed by atoms with Gasteiger partial charge in [0.05, 0.1) is 6.54 Å².